The van der Waals surface area contributed by atoms with E-state index in [1.165, 1.54) is 7.11 Å². The standard InChI is InChI=1S/C15H28O4Si/c1-19-15(18)11-7-10-13(16)8-5-6-9-14(17)12-20(2,3)4/h5-6,8-9,13-14,16-17H,7,10-12H2,1-4H3/b8-5+,9-6+/t13-,14-/m0/s1. The van der Waals surface area contributed by atoms with Crippen LogP contribution in [-0.2, 0) is 9.53 Å². The zero-order valence-electron chi connectivity index (χ0n) is 13.0. The van der Waals surface area contributed by atoms with Crippen LogP contribution in [0, 0.1) is 0 Å². The molecule has 0 rings (SSSR count). The summed E-state index contributed by atoms with van der Waals surface area (Å²) >= 11 is 0. The van der Waals surface area contributed by atoms with E-state index in [4.69, 9.17) is 0 Å². The smallest absolute Gasteiger partial charge is 0.305 e. The molecule has 0 spiro atoms. The zero-order chi connectivity index (χ0) is 15.6. The van der Waals surface area contributed by atoms with Crippen LogP contribution in [0.3, 0.4) is 0 Å². The third kappa shape index (κ3) is 12.1. The molecule has 0 saturated heterocycles. The maximum absolute atomic E-state index is 10.9. The van der Waals surface area contributed by atoms with Crippen LogP contribution >= 0.6 is 0 Å². The highest BCUT2D eigenvalue weighted by atomic mass is 28.3. The molecule has 0 aromatic carbocycles. The number of methoxy groups -OCH3 is 1. The monoisotopic (exact) mass is 300 g/mol. The number of esters is 1. The number of rotatable bonds is 9. The minimum absolute atomic E-state index is 0.254. The topological polar surface area (TPSA) is 66.8 Å². The number of carbonyl (C=O) groups is 1. The highest BCUT2D eigenvalue weighted by Crippen LogP contribution is 2.12. The van der Waals surface area contributed by atoms with Crippen molar-refractivity contribution in [3.63, 3.8) is 0 Å². The summed E-state index contributed by atoms with van der Waals surface area (Å²) in [6.45, 7) is 6.64. The SMILES string of the molecule is COC(=O)CCC[C@@H](O)/C=C/C=C/[C@H](O)C[Si](C)(C)C. The normalized spacial score (nSPS) is 15.7. The number of aliphatic hydroxyl groups is 2. The number of aliphatic hydroxyl groups excluding tert-OH is 2. The molecule has 0 aliphatic rings. The lowest BCUT2D eigenvalue weighted by Crippen LogP contribution is -2.25. The van der Waals surface area contributed by atoms with Crippen molar-refractivity contribution in [1.29, 1.82) is 0 Å². The molecule has 0 aliphatic heterocycles. The van der Waals surface area contributed by atoms with Gasteiger partial charge in [-0.1, -0.05) is 43.9 Å². The maximum Gasteiger partial charge on any atom is 0.305 e. The average Bonchev–Trinajstić information content (AvgIpc) is 2.32. The first-order valence-corrected chi connectivity index (χ1v) is 10.7. The van der Waals surface area contributed by atoms with Crippen LogP contribution in [0.15, 0.2) is 24.3 Å². The van der Waals surface area contributed by atoms with Crippen LogP contribution in [0.4, 0.5) is 0 Å². The van der Waals surface area contributed by atoms with Gasteiger partial charge in [0.15, 0.2) is 0 Å². The predicted molar refractivity (Wildman–Crippen MR) is 84.3 cm³/mol. The lowest BCUT2D eigenvalue weighted by Gasteiger charge is -2.17. The molecule has 5 heteroatoms. The van der Waals surface area contributed by atoms with Gasteiger partial charge < -0.3 is 14.9 Å². The lowest BCUT2D eigenvalue weighted by molar-refractivity contribution is -0.140. The number of ether oxygens (including phenoxy) is 1. The van der Waals surface area contributed by atoms with Gasteiger partial charge in [-0.3, -0.25) is 4.79 Å². The Morgan fingerprint density at radius 3 is 2.20 bits per heavy atom. The van der Waals surface area contributed by atoms with Crippen molar-refractivity contribution in [3.05, 3.63) is 24.3 Å². The summed E-state index contributed by atoms with van der Waals surface area (Å²) < 4.78 is 4.52. The maximum atomic E-state index is 10.9. The van der Waals surface area contributed by atoms with Crippen LogP contribution in [0.5, 0.6) is 0 Å². The Balaban J connectivity index is 3.90. The van der Waals surface area contributed by atoms with Crippen LogP contribution in [0.1, 0.15) is 19.3 Å². The molecule has 0 radical (unpaired) electrons. The second kappa shape index (κ2) is 9.91. The van der Waals surface area contributed by atoms with Crippen molar-refractivity contribution in [1.82, 2.24) is 0 Å². The summed E-state index contributed by atoms with van der Waals surface area (Å²) in [5, 5.41) is 19.4. The molecular weight excluding hydrogens is 272 g/mol. The van der Waals surface area contributed by atoms with Gasteiger partial charge in [-0.15, -0.1) is 0 Å². The van der Waals surface area contributed by atoms with E-state index < -0.39 is 20.3 Å². The Hall–Kier alpha value is -0.913. The van der Waals surface area contributed by atoms with Gasteiger partial charge in [-0.2, -0.15) is 0 Å². The fourth-order valence-corrected chi connectivity index (χ4v) is 3.13. The van der Waals surface area contributed by atoms with E-state index in [2.05, 4.69) is 24.4 Å². The van der Waals surface area contributed by atoms with Crippen molar-refractivity contribution in [3.8, 4) is 0 Å². The molecule has 0 amide bonds. The quantitative estimate of drug-likeness (QED) is 0.390. The van der Waals surface area contributed by atoms with E-state index in [1.54, 1.807) is 24.3 Å². The molecule has 2 N–H and O–H groups in total. The van der Waals surface area contributed by atoms with E-state index in [1.807, 2.05) is 0 Å². The summed E-state index contributed by atoms with van der Waals surface area (Å²) in [4.78, 5) is 10.9. The number of allylic oxidation sites excluding steroid dienone is 2. The number of carbonyl (C=O) groups excluding carboxylic acids is 1. The second-order valence-corrected chi connectivity index (χ2v) is 11.7. The van der Waals surface area contributed by atoms with Crippen molar-refractivity contribution >= 4 is 14.0 Å². The first kappa shape index (κ1) is 19.1. The predicted octanol–water partition coefficient (Wildman–Crippen LogP) is 2.50. The van der Waals surface area contributed by atoms with Gasteiger partial charge in [0.25, 0.3) is 0 Å². The molecule has 0 unspecified atom stereocenters. The van der Waals surface area contributed by atoms with Crippen LogP contribution in [0.2, 0.25) is 25.7 Å². The highest BCUT2D eigenvalue weighted by Gasteiger charge is 2.16. The Bertz CT molecular complexity index is 331. The zero-order valence-corrected chi connectivity index (χ0v) is 14.0. The molecular formula is C15H28O4Si. The molecule has 4 nitrogen and oxygen atoms in total. The van der Waals surface area contributed by atoms with Crippen LogP contribution in [0.25, 0.3) is 0 Å². The highest BCUT2D eigenvalue weighted by molar-refractivity contribution is 6.76. The van der Waals surface area contributed by atoms with Crippen LogP contribution in [-0.4, -0.2) is 43.6 Å². The Morgan fingerprint density at radius 1 is 1.15 bits per heavy atom. The summed E-state index contributed by atoms with van der Waals surface area (Å²) in [7, 11) is 0.103. The van der Waals surface area contributed by atoms with Gasteiger partial charge in [0.1, 0.15) is 0 Å². The molecule has 0 heterocycles. The number of hydrogen-bond donors (Lipinski definition) is 2. The Morgan fingerprint density at radius 2 is 1.70 bits per heavy atom. The molecule has 0 aromatic heterocycles. The van der Waals surface area contributed by atoms with Crippen molar-refractivity contribution in [2.75, 3.05) is 7.11 Å². The lowest BCUT2D eigenvalue weighted by atomic mass is 10.1. The number of hydrogen-bond acceptors (Lipinski definition) is 4. The fourth-order valence-electron chi connectivity index (χ4n) is 1.73. The van der Waals surface area contributed by atoms with Gasteiger partial charge in [0.2, 0.25) is 0 Å². The van der Waals surface area contributed by atoms with Gasteiger partial charge in [0, 0.05) is 14.5 Å². The first-order chi connectivity index (χ1) is 9.24. The summed E-state index contributed by atoms with van der Waals surface area (Å²) in [6.07, 6.45) is 7.36. The van der Waals surface area contributed by atoms with Crippen molar-refractivity contribution in [2.45, 2.75) is 57.2 Å². The third-order valence-electron chi connectivity index (χ3n) is 2.71. The Kier molecular flexibility index (Phi) is 9.46. The molecule has 2 atom stereocenters. The first-order valence-electron chi connectivity index (χ1n) is 7.02. The minimum Gasteiger partial charge on any atom is -0.469 e. The molecule has 0 aliphatic carbocycles. The van der Waals surface area contributed by atoms with E-state index >= 15 is 0 Å². The summed E-state index contributed by atoms with van der Waals surface area (Å²) in [5.41, 5.74) is 0. The largest absolute Gasteiger partial charge is 0.469 e. The summed E-state index contributed by atoms with van der Waals surface area (Å²) in [6, 6.07) is 0.832. The third-order valence-corrected chi connectivity index (χ3v) is 4.35. The van der Waals surface area contributed by atoms with Gasteiger partial charge in [-0.25, -0.2) is 0 Å². The fraction of sp³-hybridized carbons (Fsp3) is 0.667. The summed E-state index contributed by atoms with van der Waals surface area (Å²) in [5.74, 6) is -0.254. The van der Waals surface area contributed by atoms with Crippen molar-refractivity contribution in [2.24, 2.45) is 0 Å². The molecule has 116 valence electrons. The van der Waals surface area contributed by atoms with Crippen LogP contribution < -0.4 is 0 Å². The molecule has 20 heavy (non-hydrogen) atoms. The average molecular weight is 300 g/mol. The Labute approximate surface area is 123 Å². The second-order valence-electron chi connectivity index (χ2n) is 6.14. The van der Waals surface area contributed by atoms with E-state index in [0.717, 1.165) is 6.04 Å². The van der Waals surface area contributed by atoms with Gasteiger partial charge >= 0.3 is 5.97 Å². The minimum atomic E-state index is -1.25. The van der Waals surface area contributed by atoms with Crippen molar-refractivity contribution < 1.29 is 19.7 Å². The van der Waals surface area contributed by atoms with E-state index in [9.17, 15) is 15.0 Å². The van der Waals surface area contributed by atoms with E-state index in [-0.39, 0.29) is 5.97 Å². The molecule has 0 saturated carbocycles. The molecule has 0 fully saturated rings. The van der Waals surface area contributed by atoms with Gasteiger partial charge in [0.05, 0.1) is 19.3 Å². The van der Waals surface area contributed by atoms with Gasteiger partial charge in [-0.05, 0) is 18.9 Å². The molecule has 0 bridgehead atoms. The molecule has 0 aromatic rings. The van der Waals surface area contributed by atoms with E-state index in [0.29, 0.717) is 19.3 Å².